The van der Waals surface area contributed by atoms with Crippen LogP contribution in [0.1, 0.15) is 40.6 Å². The van der Waals surface area contributed by atoms with Gasteiger partial charge in [0.15, 0.2) is 22.8 Å². The van der Waals surface area contributed by atoms with E-state index in [4.69, 9.17) is 19.2 Å². The SMILES string of the molecule is COC(=O)c1ccc2nc(CN3CCC(c4cccc5c4OCCO5)CC3)n(C)c2n1. The molecule has 0 atom stereocenters. The van der Waals surface area contributed by atoms with Crippen LogP contribution in [0.5, 0.6) is 11.5 Å². The highest BCUT2D eigenvalue weighted by molar-refractivity contribution is 5.89. The van der Waals surface area contributed by atoms with E-state index in [1.54, 1.807) is 6.07 Å². The standard InChI is InChI=1S/C23H26N4O4/c1-26-20(24-17-6-7-18(23(28)29-2)25-22(17)26)14-27-10-8-15(9-11-27)16-4-3-5-19-21(16)31-13-12-30-19/h3-7,15H,8-14H2,1-2H3. The lowest BCUT2D eigenvalue weighted by molar-refractivity contribution is 0.0594. The molecule has 31 heavy (non-hydrogen) atoms. The molecule has 5 rings (SSSR count). The van der Waals surface area contributed by atoms with Gasteiger partial charge in [-0.1, -0.05) is 12.1 Å². The molecule has 8 nitrogen and oxygen atoms in total. The van der Waals surface area contributed by atoms with Gasteiger partial charge in [0.2, 0.25) is 0 Å². The number of para-hydroxylation sites is 1. The number of benzene rings is 1. The first kappa shape index (κ1) is 19.8. The average Bonchev–Trinajstić information content (AvgIpc) is 3.13. The number of aryl methyl sites for hydroxylation is 1. The molecule has 4 heterocycles. The van der Waals surface area contributed by atoms with Crippen LogP contribution < -0.4 is 9.47 Å². The van der Waals surface area contributed by atoms with Crippen LogP contribution in [-0.2, 0) is 18.3 Å². The van der Waals surface area contributed by atoms with Gasteiger partial charge in [0.05, 0.1) is 13.7 Å². The average molecular weight is 422 g/mol. The molecule has 0 bridgehead atoms. The summed E-state index contributed by atoms with van der Waals surface area (Å²) in [7, 11) is 3.30. The number of hydrogen-bond acceptors (Lipinski definition) is 7. The van der Waals surface area contributed by atoms with Crippen molar-refractivity contribution in [2.75, 3.05) is 33.4 Å². The summed E-state index contributed by atoms with van der Waals surface area (Å²) in [5.74, 6) is 2.76. The van der Waals surface area contributed by atoms with Gasteiger partial charge in [0.25, 0.3) is 0 Å². The van der Waals surface area contributed by atoms with E-state index in [0.29, 0.717) is 30.5 Å². The van der Waals surface area contributed by atoms with Crippen molar-refractivity contribution >= 4 is 17.1 Å². The summed E-state index contributed by atoms with van der Waals surface area (Å²) < 4.78 is 18.4. The predicted octanol–water partition coefficient (Wildman–Crippen LogP) is 2.91. The molecule has 0 unspecified atom stereocenters. The molecular formula is C23H26N4O4. The summed E-state index contributed by atoms with van der Waals surface area (Å²) >= 11 is 0. The van der Waals surface area contributed by atoms with Gasteiger partial charge in [-0.25, -0.2) is 14.8 Å². The van der Waals surface area contributed by atoms with Crippen LogP contribution in [0.4, 0.5) is 0 Å². The molecule has 2 aromatic heterocycles. The normalized spacial score (nSPS) is 17.1. The molecule has 0 N–H and O–H groups in total. The van der Waals surface area contributed by atoms with Gasteiger partial charge in [-0.05, 0) is 50.0 Å². The third kappa shape index (κ3) is 3.72. The number of imidazole rings is 1. The second-order valence-corrected chi connectivity index (χ2v) is 8.04. The summed E-state index contributed by atoms with van der Waals surface area (Å²) in [6.07, 6.45) is 2.13. The van der Waals surface area contributed by atoms with Gasteiger partial charge in [-0.3, -0.25) is 4.90 Å². The Morgan fingerprint density at radius 1 is 1.13 bits per heavy atom. The van der Waals surface area contributed by atoms with E-state index in [2.05, 4.69) is 22.0 Å². The number of pyridine rings is 1. The summed E-state index contributed by atoms with van der Waals surface area (Å²) in [5.41, 5.74) is 3.04. The Balaban J connectivity index is 1.28. The highest BCUT2D eigenvalue weighted by Gasteiger charge is 2.27. The maximum atomic E-state index is 11.8. The number of aromatic nitrogens is 3. The minimum atomic E-state index is -0.441. The number of rotatable bonds is 4. The number of hydrogen-bond donors (Lipinski definition) is 0. The largest absolute Gasteiger partial charge is 0.486 e. The fourth-order valence-corrected chi connectivity index (χ4v) is 4.49. The molecule has 1 saturated heterocycles. The number of piperidine rings is 1. The fraction of sp³-hybridized carbons (Fsp3) is 0.435. The Hall–Kier alpha value is -3.13. The van der Waals surface area contributed by atoms with Crippen molar-refractivity contribution in [2.45, 2.75) is 25.3 Å². The molecule has 0 saturated carbocycles. The maximum Gasteiger partial charge on any atom is 0.356 e. The van der Waals surface area contributed by atoms with Gasteiger partial charge in [0.1, 0.15) is 24.6 Å². The van der Waals surface area contributed by atoms with Crippen LogP contribution in [0, 0.1) is 0 Å². The highest BCUT2D eigenvalue weighted by Crippen LogP contribution is 2.41. The lowest BCUT2D eigenvalue weighted by atomic mass is 9.88. The number of carbonyl (C=O) groups excluding carboxylic acids is 1. The smallest absolute Gasteiger partial charge is 0.356 e. The summed E-state index contributed by atoms with van der Waals surface area (Å²) in [6, 6.07) is 9.69. The molecule has 2 aliphatic heterocycles. The number of carbonyl (C=O) groups is 1. The van der Waals surface area contributed by atoms with Gasteiger partial charge in [0, 0.05) is 12.6 Å². The quantitative estimate of drug-likeness (QED) is 0.598. The van der Waals surface area contributed by atoms with E-state index < -0.39 is 5.97 Å². The predicted molar refractivity (Wildman–Crippen MR) is 115 cm³/mol. The van der Waals surface area contributed by atoms with Crippen molar-refractivity contribution in [1.82, 2.24) is 19.4 Å². The van der Waals surface area contributed by atoms with Gasteiger partial charge >= 0.3 is 5.97 Å². The number of nitrogens with zero attached hydrogens (tertiary/aromatic N) is 4. The van der Waals surface area contributed by atoms with Gasteiger partial charge in [-0.2, -0.15) is 0 Å². The highest BCUT2D eigenvalue weighted by atomic mass is 16.6. The first-order valence-corrected chi connectivity index (χ1v) is 10.7. The molecule has 8 heteroatoms. The van der Waals surface area contributed by atoms with E-state index in [0.717, 1.165) is 55.3 Å². The molecule has 2 aliphatic rings. The van der Waals surface area contributed by atoms with E-state index in [9.17, 15) is 4.79 Å². The van der Waals surface area contributed by atoms with E-state index in [1.165, 1.54) is 12.7 Å². The van der Waals surface area contributed by atoms with Crippen LogP contribution in [0.15, 0.2) is 30.3 Å². The summed E-state index contributed by atoms with van der Waals surface area (Å²) in [6.45, 7) is 3.95. The molecule has 3 aromatic rings. The second-order valence-electron chi connectivity index (χ2n) is 8.04. The number of fused-ring (bicyclic) bond motifs is 2. The summed E-state index contributed by atoms with van der Waals surface area (Å²) in [4.78, 5) is 23.4. The Morgan fingerprint density at radius 2 is 1.94 bits per heavy atom. The van der Waals surface area contributed by atoms with Crippen molar-refractivity contribution in [2.24, 2.45) is 7.05 Å². The maximum absolute atomic E-state index is 11.8. The van der Waals surface area contributed by atoms with Crippen molar-refractivity contribution < 1.29 is 19.0 Å². The number of ether oxygens (including phenoxy) is 3. The first-order valence-electron chi connectivity index (χ1n) is 10.7. The fourth-order valence-electron chi connectivity index (χ4n) is 4.49. The molecule has 1 aromatic carbocycles. The minimum Gasteiger partial charge on any atom is -0.486 e. The summed E-state index contributed by atoms with van der Waals surface area (Å²) in [5, 5.41) is 0. The Kier molecular flexibility index (Phi) is 5.23. The molecule has 0 radical (unpaired) electrons. The van der Waals surface area contributed by atoms with E-state index >= 15 is 0 Å². The monoisotopic (exact) mass is 422 g/mol. The zero-order valence-corrected chi connectivity index (χ0v) is 17.8. The Bertz CT molecular complexity index is 1120. The van der Waals surface area contributed by atoms with Crippen LogP contribution in [-0.4, -0.2) is 58.8 Å². The number of likely N-dealkylation sites (tertiary alicyclic amines) is 1. The number of esters is 1. The van der Waals surface area contributed by atoms with Gasteiger partial charge < -0.3 is 18.8 Å². The molecular weight excluding hydrogens is 396 g/mol. The second kappa shape index (κ2) is 8.19. The van der Waals surface area contributed by atoms with Crippen molar-refractivity contribution in [3.05, 3.63) is 47.4 Å². The molecule has 0 spiro atoms. The van der Waals surface area contributed by atoms with Crippen LogP contribution >= 0.6 is 0 Å². The number of methoxy groups -OCH3 is 1. The van der Waals surface area contributed by atoms with Crippen molar-refractivity contribution in [3.63, 3.8) is 0 Å². The van der Waals surface area contributed by atoms with Crippen LogP contribution in [0.3, 0.4) is 0 Å². The Labute approximate surface area is 180 Å². The third-order valence-corrected chi connectivity index (χ3v) is 6.19. The molecule has 0 amide bonds. The minimum absolute atomic E-state index is 0.294. The Morgan fingerprint density at radius 3 is 2.74 bits per heavy atom. The van der Waals surface area contributed by atoms with Gasteiger partial charge in [-0.15, -0.1) is 0 Å². The van der Waals surface area contributed by atoms with Crippen molar-refractivity contribution in [1.29, 1.82) is 0 Å². The molecule has 1 fully saturated rings. The lowest BCUT2D eigenvalue weighted by Gasteiger charge is -2.33. The zero-order chi connectivity index (χ0) is 21.4. The topological polar surface area (TPSA) is 78.7 Å². The molecule has 162 valence electrons. The van der Waals surface area contributed by atoms with Crippen LogP contribution in [0.25, 0.3) is 11.2 Å². The lowest BCUT2D eigenvalue weighted by Crippen LogP contribution is -2.33. The molecule has 0 aliphatic carbocycles. The third-order valence-electron chi connectivity index (χ3n) is 6.19. The zero-order valence-electron chi connectivity index (χ0n) is 17.8. The van der Waals surface area contributed by atoms with Crippen molar-refractivity contribution in [3.8, 4) is 11.5 Å². The van der Waals surface area contributed by atoms with Crippen LogP contribution in [0.2, 0.25) is 0 Å². The first-order chi connectivity index (χ1) is 15.1. The van der Waals surface area contributed by atoms with E-state index in [1.807, 2.05) is 23.7 Å². The van der Waals surface area contributed by atoms with E-state index in [-0.39, 0.29) is 0 Å².